The van der Waals surface area contributed by atoms with Crippen molar-refractivity contribution in [3.05, 3.63) is 60.1 Å². The molecule has 0 bridgehead atoms. The molecule has 4 nitrogen and oxygen atoms in total. The van der Waals surface area contributed by atoms with Crippen molar-refractivity contribution in [2.45, 2.75) is 31.7 Å². The molecule has 1 aromatic carbocycles. The Morgan fingerprint density at radius 3 is 2.57 bits per heavy atom. The number of aliphatic hydroxyl groups is 1. The molecule has 2 atom stereocenters. The van der Waals surface area contributed by atoms with Gasteiger partial charge in [0.2, 0.25) is 5.91 Å². The zero-order valence-corrected chi connectivity index (χ0v) is 12.2. The molecule has 0 aliphatic carbocycles. The van der Waals surface area contributed by atoms with Crippen LogP contribution in [0.15, 0.2) is 53.1 Å². The van der Waals surface area contributed by atoms with E-state index in [9.17, 15) is 4.79 Å². The van der Waals surface area contributed by atoms with Gasteiger partial charge in [0.25, 0.3) is 0 Å². The van der Waals surface area contributed by atoms with Crippen LogP contribution in [-0.2, 0) is 4.79 Å². The van der Waals surface area contributed by atoms with E-state index >= 15 is 0 Å². The van der Waals surface area contributed by atoms with Crippen LogP contribution in [0.4, 0.5) is 0 Å². The fourth-order valence-electron chi connectivity index (χ4n) is 2.43. The number of rotatable bonds is 7. The minimum atomic E-state index is -0.296. The van der Waals surface area contributed by atoms with Gasteiger partial charge in [-0.3, -0.25) is 4.79 Å². The van der Waals surface area contributed by atoms with Gasteiger partial charge in [-0.2, -0.15) is 0 Å². The first-order chi connectivity index (χ1) is 10.3. The lowest BCUT2D eigenvalue weighted by Crippen LogP contribution is -2.33. The van der Waals surface area contributed by atoms with Gasteiger partial charge in [0.05, 0.1) is 18.2 Å². The van der Waals surface area contributed by atoms with Gasteiger partial charge in [0.1, 0.15) is 5.76 Å². The smallest absolute Gasteiger partial charge is 0.228 e. The molecule has 0 unspecified atom stereocenters. The predicted molar refractivity (Wildman–Crippen MR) is 80.8 cm³/mol. The lowest BCUT2D eigenvalue weighted by molar-refractivity contribution is -0.123. The van der Waals surface area contributed by atoms with E-state index in [2.05, 4.69) is 5.32 Å². The summed E-state index contributed by atoms with van der Waals surface area (Å²) in [6, 6.07) is 13.0. The molecule has 1 aromatic heterocycles. The monoisotopic (exact) mass is 287 g/mol. The van der Waals surface area contributed by atoms with Crippen molar-refractivity contribution in [1.29, 1.82) is 0 Å². The summed E-state index contributed by atoms with van der Waals surface area (Å²) in [4.78, 5) is 12.5. The third-order valence-corrected chi connectivity index (χ3v) is 3.55. The molecule has 0 aliphatic rings. The maximum Gasteiger partial charge on any atom is 0.228 e. The second-order valence-corrected chi connectivity index (χ2v) is 4.96. The second-order valence-electron chi connectivity index (χ2n) is 4.96. The first kappa shape index (κ1) is 15.3. The summed E-state index contributed by atoms with van der Waals surface area (Å²) in [5.41, 5.74) is 1.000. The van der Waals surface area contributed by atoms with Gasteiger partial charge in [-0.25, -0.2) is 0 Å². The maximum absolute atomic E-state index is 12.5. The Labute approximate surface area is 124 Å². The summed E-state index contributed by atoms with van der Waals surface area (Å²) in [6.07, 6.45) is 2.73. The maximum atomic E-state index is 12.5. The van der Waals surface area contributed by atoms with Crippen LogP contribution in [0.3, 0.4) is 0 Å². The van der Waals surface area contributed by atoms with E-state index in [4.69, 9.17) is 9.52 Å². The van der Waals surface area contributed by atoms with Crippen molar-refractivity contribution in [3.8, 4) is 0 Å². The van der Waals surface area contributed by atoms with E-state index in [0.717, 1.165) is 12.0 Å². The number of nitrogens with one attached hydrogen (secondary N) is 1. The summed E-state index contributed by atoms with van der Waals surface area (Å²) < 4.78 is 5.34. The highest BCUT2D eigenvalue weighted by molar-refractivity contribution is 5.83. The largest absolute Gasteiger partial charge is 0.467 e. The van der Waals surface area contributed by atoms with Gasteiger partial charge in [-0.1, -0.05) is 37.3 Å². The van der Waals surface area contributed by atoms with Crippen LogP contribution in [0.5, 0.6) is 0 Å². The van der Waals surface area contributed by atoms with Gasteiger partial charge in [-0.05, 0) is 30.5 Å². The topological polar surface area (TPSA) is 62.5 Å². The first-order valence-electron chi connectivity index (χ1n) is 7.25. The molecule has 112 valence electrons. The van der Waals surface area contributed by atoms with Crippen LogP contribution in [0, 0.1) is 0 Å². The van der Waals surface area contributed by atoms with Crippen LogP contribution in [0.25, 0.3) is 0 Å². The summed E-state index contributed by atoms with van der Waals surface area (Å²) in [5, 5.41) is 12.1. The van der Waals surface area contributed by atoms with Gasteiger partial charge in [0, 0.05) is 6.61 Å². The predicted octanol–water partition coefficient (Wildman–Crippen LogP) is 3.01. The Kier molecular flexibility index (Phi) is 5.58. The first-order valence-corrected chi connectivity index (χ1v) is 7.25. The molecule has 1 amide bonds. The van der Waals surface area contributed by atoms with Crippen LogP contribution in [0.1, 0.15) is 43.0 Å². The van der Waals surface area contributed by atoms with E-state index in [1.54, 1.807) is 12.3 Å². The third-order valence-electron chi connectivity index (χ3n) is 3.55. The molecule has 0 saturated heterocycles. The fourth-order valence-corrected chi connectivity index (χ4v) is 2.43. The Balaban J connectivity index is 2.10. The van der Waals surface area contributed by atoms with Gasteiger partial charge in [0.15, 0.2) is 0 Å². The summed E-state index contributed by atoms with van der Waals surface area (Å²) >= 11 is 0. The van der Waals surface area contributed by atoms with Crippen molar-refractivity contribution in [2.24, 2.45) is 0 Å². The van der Waals surface area contributed by atoms with Gasteiger partial charge < -0.3 is 14.8 Å². The van der Waals surface area contributed by atoms with Crippen LogP contribution < -0.4 is 5.32 Å². The lowest BCUT2D eigenvalue weighted by Gasteiger charge is -2.20. The quantitative estimate of drug-likeness (QED) is 0.823. The van der Waals surface area contributed by atoms with E-state index < -0.39 is 0 Å². The summed E-state index contributed by atoms with van der Waals surface area (Å²) in [5.74, 6) is 0.432. The average molecular weight is 287 g/mol. The van der Waals surface area contributed by atoms with E-state index in [1.165, 1.54) is 0 Å². The van der Waals surface area contributed by atoms with Crippen molar-refractivity contribution < 1.29 is 14.3 Å². The Hall–Kier alpha value is -2.07. The fraction of sp³-hybridized carbons (Fsp3) is 0.353. The second kappa shape index (κ2) is 7.64. The minimum Gasteiger partial charge on any atom is -0.467 e. The number of aliphatic hydroxyl groups excluding tert-OH is 1. The highest BCUT2D eigenvalue weighted by Gasteiger charge is 2.23. The van der Waals surface area contributed by atoms with Gasteiger partial charge >= 0.3 is 0 Å². The summed E-state index contributed by atoms with van der Waals surface area (Å²) in [6.45, 7) is 1.99. The van der Waals surface area contributed by atoms with Crippen LogP contribution >= 0.6 is 0 Å². The molecule has 2 rings (SSSR count). The zero-order chi connectivity index (χ0) is 15.1. The normalized spacial score (nSPS) is 13.6. The number of carbonyl (C=O) groups is 1. The number of carbonyl (C=O) groups excluding carboxylic acids is 1. The molecule has 2 aromatic rings. The molecule has 1 heterocycles. The molecular weight excluding hydrogens is 266 g/mol. The Morgan fingerprint density at radius 2 is 2.00 bits per heavy atom. The van der Waals surface area contributed by atoms with Crippen LogP contribution in [-0.4, -0.2) is 17.6 Å². The Bertz CT molecular complexity index is 536. The van der Waals surface area contributed by atoms with Crippen molar-refractivity contribution in [3.63, 3.8) is 0 Å². The zero-order valence-electron chi connectivity index (χ0n) is 12.2. The van der Waals surface area contributed by atoms with E-state index in [0.29, 0.717) is 12.2 Å². The van der Waals surface area contributed by atoms with Crippen LogP contribution in [0.2, 0.25) is 0 Å². The minimum absolute atomic E-state index is 0.00618. The van der Waals surface area contributed by atoms with E-state index in [1.807, 2.05) is 43.3 Å². The number of benzene rings is 1. The molecule has 0 spiro atoms. The summed E-state index contributed by atoms with van der Waals surface area (Å²) in [7, 11) is 0. The molecular formula is C17H21NO3. The highest BCUT2D eigenvalue weighted by Crippen LogP contribution is 2.23. The number of furan rings is 1. The molecule has 0 saturated carbocycles. The van der Waals surface area contributed by atoms with Crippen molar-refractivity contribution in [2.75, 3.05) is 6.61 Å². The van der Waals surface area contributed by atoms with Crippen molar-refractivity contribution in [1.82, 2.24) is 5.32 Å². The third kappa shape index (κ3) is 3.95. The molecule has 4 heteroatoms. The lowest BCUT2D eigenvalue weighted by atomic mass is 9.95. The molecule has 0 radical (unpaired) electrons. The van der Waals surface area contributed by atoms with E-state index in [-0.39, 0.29) is 24.5 Å². The highest BCUT2D eigenvalue weighted by atomic mass is 16.3. The number of hydrogen-bond acceptors (Lipinski definition) is 3. The molecule has 0 aliphatic heterocycles. The SMILES string of the molecule is CC[C@H](C(=O)N[C@@H](CCO)c1ccco1)c1ccccc1. The van der Waals surface area contributed by atoms with Crippen molar-refractivity contribution >= 4 is 5.91 Å². The average Bonchev–Trinajstić information content (AvgIpc) is 3.03. The Morgan fingerprint density at radius 1 is 1.24 bits per heavy atom. The number of amides is 1. The molecule has 2 N–H and O–H groups in total. The molecule has 0 fully saturated rings. The molecule has 21 heavy (non-hydrogen) atoms. The number of hydrogen-bond donors (Lipinski definition) is 2. The standard InChI is InChI=1S/C17H21NO3/c1-2-14(13-7-4-3-5-8-13)17(20)18-15(10-11-19)16-9-6-12-21-16/h3-9,12,14-15,19H,2,10-11H2,1H3,(H,18,20)/t14-,15-/m0/s1. The van der Waals surface area contributed by atoms with Gasteiger partial charge in [-0.15, -0.1) is 0 Å².